The zero-order valence-corrected chi connectivity index (χ0v) is 11.4. The summed E-state index contributed by atoms with van der Waals surface area (Å²) in [4.78, 5) is 34.1. The predicted octanol–water partition coefficient (Wildman–Crippen LogP) is -0.178. The number of fused-ring (bicyclic) bond motifs is 1. The third kappa shape index (κ3) is 2.69. The minimum atomic E-state index is -1.09. The summed E-state index contributed by atoms with van der Waals surface area (Å²) in [5, 5.41) is 9.61. The number of hydrogen-bond acceptors (Lipinski definition) is 8. The van der Waals surface area contributed by atoms with Crippen LogP contribution in [0, 0.1) is 0 Å². The monoisotopic (exact) mass is 296 g/mol. The highest BCUT2D eigenvalue weighted by Gasteiger charge is 2.20. The first-order valence-electron chi connectivity index (χ1n) is 5.63. The first-order chi connectivity index (χ1) is 9.74. The lowest BCUT2D eigenvalue weighted by atomic mass is 10.4. The Balaban J connectivity index is 2.40. The summed E-state index contributed by atoms with van der Waals surface area (Å²) in [7, 11) is 0. The number of hydrogen-bond donors (Lipinski definition) is 1. The molecule has 2 aromatic heterocycles. The molecule has 1 N–H and O–H groups in total. The van der Waals surface area contributed by atoms with E-state index in [1.807, 2.05) is 6.26 Å². The Labute approximate surface area is 118 Å². The van der Waals surface area contributed by atoms with Gasteiger partial charge in [0, 0.05) is 0 Å². The second-order valence-electron chi connectivity index (χ2n) is 3.73. The van der Waals surface area contributed by atoms with Crippen LogP contribution in [-0.2, 0) is 14.3 Å². The zero-order chi connectivity index (χ0) is 14.5. The quantitative estimate of drug-likeness (QED) is 0.426. The van der Waals surface area contributed by atoms with Gasteiger partial charge in [-0.2, -0.15) is 0 Å². The van der Waals surface area contributed by atoms with Gasteiger partial charge in [0.05, 0.1) is 12.9 Å². The average molecular weight is 296 g/mol. The number of carbonyl (C=O) groups is 2. The maximum absolute atomic E-state index is 11.1. The van der Waals surface area contributed by atoms with Crippen molar-refractivity contribution in [2.45, 2.75) is 17.4 Å². The van der Waals surface area contributed by atoms with E-state index in [2.05, 4.69) is 15.0 Å². The van der Waals surface area contributed by atoms with Crippen molar-refractivity contribution in [2.75, 3.05) is 12.9 Å². The second kappa shape index (κ2) is 6.55. The molecule has 0 spiro atoms. The highest BCUT2D eigenvalue weighted by Crippen LogP contribution is 2.23. The van der Waals surface area contributed by atoms with E-state index in [0.29, 0.717) is 28.8 Å². The van der Waals surface area contributed by atoms with Gasteiger partial charge in [-0.05, 0) is 6.26 Å². The average Bonchev–Trinajstić information content (AvgIpc) is 2.92. The number of aliphatic hydroxyl groups is 1. The van der Waals surface area contributed by atoms with E-state index in [-0.39, 0.29) is 0 Å². The first-order valence-corrected chi connectivity index (χ1v) is 6.86. The molecule has 20 heavy (non-hydrogen) atoms. The molecule has 8 nitrogen and oxygen atoms in total. The predicted molar refractivity (Wildman–Crippen MR) is 70.2 cm³/mol. The SMILES string of the molecule is CSc1ncnc2c1ncn2C(C=O)OC(C=O)CO. The summed E-state index contributed by atoms with van der Waals surface area (Å²) in [6.07, 6.45) is 3.36. The van der Waals surface area contributed by atoms with Gasteiger partial charge < -0.3 is 14.6 Å². The Morgan fingerprint density at radius 3 is 2.80 bits per heavy atom. The Morgan fingerprint density at radius 1 is 1.40 bits per heavy atom. The van der Waals surface area contributed by atoms with Crippen LogP contribution >= 0.6 is 11.8 Å². The molecule has 0 aliphatic rings. The van der Waals surface area contributed by atoms with Crippen molar-refractivity contribution < 1.29 is 19.4 Å². The van der Waals surface area contributed by atoms with E-state index >= 15 is 0 Å². The largest absolute Gasteiger partial charge is 0.393 e. The third-order valence-corrected chi connectivity index (χ3v) is 3.24. The molecule has 0 saturated heterocycles. The Kier molecular flexibility index (Phi) is 4.77. The number of aldehydes is 2. The molecule has 0 aromatic carbocycles. The molecule has 2 heterocycles. The van der Waals surface area contributed by atoms with Gasteiger partial charge in [0.1, 0.15) is 23.0 Å². The highest BCUT2D eigenvalue weighted by atomic mass is 32.2. The maximum atomic E-state index is 11.1. The van der Waals surface area contributed by atoms with Crippen molar-refractivity contribution in [1.82, 2.24) is 19.5 Å². The molecule has 9 heteroatoms. The molecule has 0 aliphatic heterocycles. The molecule has 106 valence electrons. The molecule has 2 aromatic rings. The van der Waals surface area contributed by atoms with E-state index in [1.165, 1.54) is 29.0 Å². The lowest BCUT2D eigenvalue weighted by Crippen LogP contribution is -2.26. The number of imidazole rings is 1. The highest BCUT2D eigenvalue weighted by molar-refractivity contribution is 7.98. The van der Waals surface area contributed by atoms with Crippen molar-refractivity contribution in [2.24, 2.45) is 0 Å². The molecular weight excluding hydrogens is 284 g/mol. The number of ether oxygens (including phenoxy) is 1. The van der Waals surface area contributed by atoms with Crippen LogP contribution in [0.5, 0.6) is 0 Å². The van der Waals surface area contributed by atoms with E-state index in [0.717, 1.165) is 0 Å². The van der Waals surface area contributed by atoms with Crippen LogP contribution in [-0.4, -0.2) is 56.2 Å². The van der Waals surface area contributed by atoms with Gasteiger partial charge in [-0.3, -0.25) is 9.36 Å². The summed E-state index contributed by atoms with van der Waals surface area (Å²) in [6, 6.07) is 0. The van der Waals surface area contributed by atoms with Gasteiger partial charge in [0.2, 0.25) is 0 Å². The minimum Gasteiger partial charge on any atom is -0.393 e. The van der Waals surface area contributed by atoms with Gasteiger partial charge in [-0.1, -0.05) is 0 Å². The normalized spacial score (nSPS) is 14.1. The summed E-state index contributed by atoms with van der Waals surface area (Å²) in [5.41, 5.74) is 0.964. The van der Waals surface area contributed by atoms with Crippen molar-refractivity contribution in [3.63, 3.8) is 0 Å². The molecule has 2 unspecified atom stereocenters. The minimum absolute atomic E-state index is 0.420. The molecular formula is C11H12N4O4S. The van der Waals surface area contributed by atoms with Gasteiger partial charge in [-0.15, -0.1) is 11.8 Å². The van der Waals surface area contributed by atoms with Gasteiger partial charge >= 0.3 is 0 Å². The lowest BCUT2D eigenvalue weighted by Gasteiger charge is -2.16. The van der Waals surface area contributed by atoms with Crippen LogP contribution in [0.15, 0.2) is 17.7 Å². The Bertz CT molecular complexity index is 617. The molecule has 0 amide bonds. The number of thioether (sulfide) groups is 1. The Morgan fingerprint density at radius 2 is 2.20 bits per heavy atom. The smallest absolute Gasteiger partial charge is 0.193 e. The summed E-state index contributed by atoms with van der Waals surface area (Å²) in [5.74, 6) is 0. The van der Waals surface area contributed by atoms with E-state index < -0.39 is 18.9 Å². The topological polar surface area (TPSA) is 107 Å². The number of aliphatic hydroxyl groups excluding tert-OH is 1. The molecule has 2 atom stereocenters. The lowest BCUT2D eigenvalue weighted by molar-refractivity contribution is -0.139. The van der Waals surface area contributed by atoms with Crippen molar-refractivity contribution in [1.29, 1.82) is 0 Å². The molecule has 0 radical (unpaired) electrons. The molecule has 2 rings (SSSR count). The van der Waals surface area contributed by atoms with Crippen molar-refractivity contribution in [3.8, 4) is 0 Å². The summed E-state index contributed by atoms with van der Waals surface area (Å²) >= 11 is 1.40. The van der Waals surface area contributed by atoms with Gasteiger partial charge in [0.25, 0.3) is 0 Å². The van der Waals surface area contributed by atoms with Crippen LogP contribution in [0.25, 0.3) is 11.2 Å². The van der Waals surface area contributed by atoms with E-state index in [9.17, 15) is 9.59 Å². The molecule has 0 aliphatic carbocycles. The Hall–Kier alpha value is -1.84. The first kappa shape index (κ1) is 14.6. The van der Waals surface area contributed by atoms with Crippen LogP contribution in [0.1, 0.15) is 6.23 Å². The number of aromatic nitrogens is 4. The van der Waals surface area contributed by atoms with Crippen LogP contribution < -0.4 is 0 Å². The number of carbonyl (C=O) groups excluding carboxylic acids is 2. The van der Waals surface area contributed by atoms with Crippen LogP contribution in [0.3, 0.4) is 0 Å². The maximum Gasteiger partial charge on any atom is 0.193 e. The van der Waals surface area contributed by atoms with Gasteiger partial charge in [-0.25, -0.2) is 15.0 Å². The van der Waals surface area contributed by atoms with E-state index in [1.54, 1.807) is 0 Å². The molecule has 0 saturated carbocycles. The molecule has 0 bridgehead atoms. The number of nitrogens with zero attached hydrogens (tertiary/aromatic N) is 4. The second-order valence-corrected chi connectivity index (χ2v) is 4.52. The fourth-order valence-corrected chi connectivity index (χ4v) is 2.12. The van der Waals surface area contributed by atoms with E-state index in [4.69, 9.17) is 9.84 Å². The molecule has 0 fully saturated rings. The standard InChI is InChI=1S/C11H12N4O4S/c1-20-11-9-10(12-5-13-11)15(6-14-9)8(4-18)19-7(2-16)3-17/h2,4-8,17H,3H2,1H3. The van der Waals surface area contributed by atoms with Gasteiger partial charge in [0.15, 0.2) is 24.4 Å². The fraction of sp³-hybridized carbons (Fsp3) is 0.364. The summed E-state index contributed by atoms with van der Waals surface area (Å²) in [6.45, 7) is -0.508. The van der Waals surface area contributed by atoms with Crippen LogP contribution in [0.4, 0.5) is 0 Å². The third-order valence-electron chi connectivity index (χ3n) is 2.56. The van der Waals surface area contributed by atoms with Crippen molar-refractivity contribution in [3.05, 3.63) is 12.7 Å². The fourth-order valence-electron chi connectivity index (χ4n) is 1.63. The summed E-state index contributed by atoms with van der Waals surface area (Å²) < 4.78 is 6.58. The number of rotatable bonds is 7. The zero-order valence-electron chi connectivity index (χ0n) is 10.5. The van der Waals surface area contributed by atoms with Crippen LogP contribution in [0.2, 0.25) is 0 Å². The van der Waals surface area contributed by atoms with Crippen molar-refractivity contribution >= 4 is 35.5 Å².